The summed E-state index contributed by atoms with van der Waals surface area (Å²) in [5.74, 6) is 0. The Labute approximate surface area is 175 Å². The summed E-state index contributed by atoms with van der Waals surface area (Å²) in [5, 5.41) is 4.27. The highest BCUT2D eigenvalue weighted by Gasteiger charge is 2.42. The minimum absolute atomic E-state index is 0.0109. The van der Waals surface area contributed by atoms with Crippen molar-refractivity contribution in [2.24, 2.45) is 0 Å². The van der Waals surface area contributed by atoms with E-state index in [9.17, 15) is 0 Å². The van der Waals surface area contributed by atoms with E-state index >= 15 is 0 Å². The molecule has 2 saturated heterocycles. The summed E-state index contributed by atoms with van der Waals surface area (Å²) in [6, 6.07) is 14.2. The first-order valence-electron chi connectivity index (χ1n) is 9.98. The van der Waals surface area contributed by atoms with Crippen molar-refractivity contribution >= 4 is 17.3 Å². The molecule has 0 saturated carbocycles. The maximum Gasteiger partial charge on any atom is 0.170 e. The monoisotopic (exact) mass is 405 g/mol. The van der Waals surface area contributed by atoms with Crippen LogP contribution < -0.4 is 5.32 Å². The van der Waals surface area contributed by atoms with Crippen LogP contribution in [0.5, 0.6) is 0 Å². The molecule has 148 valence electrons. The summed E-state index contributed by atoms with van der Waals surface area (Å²) in [6.45, 7) is 1.61. The lowest BCUT2D eigenvalue weighted by atomic mass is 10.0. The molecule has 2 aliphatic heterocycles. The van der Waals surface area contributed by atoms with Gasteiger partial charge in [-0.15, -0.1) is 0 Å². The summed E-state index contributed by atoms with van der Waals surface area (Å²) in [7, 11) is 0. The van der Waals surface area contributed by atoms with E-state index in [0.29, 0.717) is 0 Å². The maximum atomic E-state index is 5.92. The molecule has 6 nitrogen and oxygen atoms in total. The van der Waals surface area contributed by atoms with E-state index in [2.05, 4.69) is 55.2 Å². The molecule has 3 aromatic rings. The molecule has 3 atom stereocenters. The molecule has 0 spiro atoms. The van der Waals surface area contributed by atoms with E-state index in [4.69, 9.17) is 17.0 Å². The Kier molecular flexibility index (Phi) is 4.99. The van der Waals surface area contributed by atoms with Gasteiger partial charge in [0.25, 0.3) is 0 Å². The van der Waals surface area contributed by atoms with Gasteiger partial charge in [-0.25, -0.2) is 0 Å². The third-order valence-electron chi connectivity index (χ3n) is 5.63. The molecule has 2 fully saturated rings. The van der Waals surface area contributed by atoms with Crippen molar-refractivity contribution in [1.29, 1.82) is 0 Å². The normalized spacial score (nSPS) is 24.1. The average Bonchev–Trinajstić information content (AvgIpc) is 3.51. The topological polar surface area (TPSA) is 55.2 Å². The van der Waals surface area contributed by atoms with Crippen molar-refractivity contribution in [1.82, 2.24) is 24.8 Å². The SMILES string of the molecule is S=C1N[C@@H](c2ccccn2)[C@H](c2cccn2-c2cccnc2)N1C[C@@H]1CCCO1. The van der Waals surface area contributed by atoms with Crippen LogP contribution in [0.3, 0.4) is 0 Å². The first-order valence-corrected chi connectivity index (χ1v) is 10.4. The van der Waals surface area contributed by atoms with Crippen LogP contribution in [0.1, 0.15) is 36.3 Å². The minimum Gasteiger partial charge on any atom is -0.376 e. The van der Waals surface area contributed by atoms with Crippen molar-refractivity contribution in [2.45, 2.75) is 31.0 Å². The number of nitrogens with zero attached hydrogens (tertiary/aromatic N) is 4. The summed E-state index contributed by atoms with van der Waals surface area (Å²) in [4.78, 5) is 11.2. The Balaban J connectivity index is 1.57. The highest BCUT2D eigenvalue weighted by molar-refractivity contribution is 7.80. The van der Waals surface area contributed by atoms with E-state index in [1.165, 1.54) is 0 Å². The average molecular weight is 406 g/mol. The summed E-state index contributed by atoms with van der Waals surface area (Å²) in [5.41, 5.74) is 3.16. The number of rotatable bonds is 5. The first-order chi connectivity index (χ1) is 14.3. The number of nitrogens with one attached hydrogen (secondary N) is 1. The highest BCUT2D eigenvalue weighted by Crippen LogP contribution is 2.40. The van der Waals surface area contributed by atoms with Gasteiger partial charge in [-0.05, 0) is 61.5 Å². The Hall–Kier alpha value is -2.77. The summed E-state index contributed by atoms with van der Waals surface area (Å²) < 4.78 is 8.11. The van der Waals surface area contributed by atoms with Crippen LogP contribution in [0.2, 0.25) is 0 Å². The van der Waals surface area contributed by atoms with Crippen molar-refractivity contribution in [2.75, 3.05) is 13.2 Å². The van der Waals surface area contributed by atoms with Gasteiger partial charge in [0.1, 0.15) is 0 Å². The van der Waals surface area contributed by atoms with Crippen LogP contribution >= 0.6 is 12.2 Å². The highest BCUT2D eigenvalue weighted by atomic mass is 32.1. The number of ether oxygens (including phenoxy) is 1. The fraction of sp³-hybridized carbons (Fsp3) is 0.318. The van der Waals surface area contributed by atoms with E-state index in [1.54, 1.807) is 6.20 Å². The third kappa shape index (κ3) is 3.52. The molecule has 5 heterocycles. The minimum atomic E-state index is -0.0320. The zero-order chi connectivity index (χ0) is 19.6. The van der Waals surface area contributed by atoms with E-state index in [1.807, 2.05) is 30.6 Å². The van der Waals surface area contributed by atoms with Crippen molar-refractivity contribution in [3.05, 3.63) is 78.6 Å². The van der Waals surface area contributed by atoms with E-state index < -0.39 is 0 Å². The summed E-state index contributed by atoms with van der Waals surface area (Å²) >= 11 is 5.77. The van der Waals surface area contributed by atoms with Gasteiger partial charge < -0.3 is 19.5 Å². The van der Waals surface area contributed by atoms with Crippen LogP contribution in [0.25, 0.3) is 5.69 Å². The fourth-order valence-electron chi connectivity index (χ4n) is 4.30. The molecule has 0 bridgehead atoms. The second-order valence-corrected chi connectivity index (χ2v) is 7.81. The largest absolute Gasteiger partial charge is 0.376 e. The first kappa shape index (κ1) is 18.3. The van der Waals surface area contributed by atoms with Crippen LogP contribution in [-0.2, 0) is 4.74 Å². The zero-order valence-electron chi connectivity index (χ0n) is 16.0. The van der Waals surface area contributed by atoms with Crippen LogP contribution in [0, 0.1) is 0 Å². The van der Waals surface area contributed by atoms with Gasteiger partial charge in [0, 0.05) is 37.4 Å². The maximum absolute atomic E-state index is 5.92. The summed E-state index contributed by atoms with van der Waals surface area (Å²) in [6.07, 6.45) is 9.97. The van der Waals surface area contributed by atoms with Crippen LogP contribution in [0.15, 0.2) is 67.3 Å². The van der Waals surface area contributed by atoms with Crippen LogP contribution in [-0.4, -0.2) is 43.8 Å². The number of hydrogen-bond acceptors (Lipinski definition) is 4. The Bertz CT molecular complexity index is 971. The molecule has 1 N–H and O–H groups in total. The smallest absolute Gasteiger partial charge is 0.170 e. The van der Waals surface area contributed by atoms with E-state index in [-0.39, 0.29) is 18.2 Å². The van der Waals surface area contributed by atoms with Gasteiger partial charge in [-0.3, -0.25) is 9.97 Å². The Morgan fingerprint density at radius 3 is 2.86 bits per heavy atom. The quantitative estimate of drug-likeness (QED) is 0.657. The van der Waals surface area contributed by atoms with E-state index in [0.717, 1.165) is 48.2 Å². The van der Waals surface area contributed by atoms with Gasteiger partial charge in [0.2, 0.25) is 0 Å². The Morgan fingerprint density at radius 2 is 2.10 bits per heavy atom. The third-order valence-corrected chi connectivity index (χ3v) is 5.98. The van der Waals surface area contributed by atoms with Crippen molar-refractivity contribution < 1.29 is 4.74 Å². The lowest BCUT2D eigenvalue weighted by Crippen LogP contribution is -2.36. The number of pyridine rings is 2. The lowest BCUT2D eigenvalue weighted by molar-refractivity contribution is 0.0836. The molecule has 2 aliphatic rings. The Morgan fingerprint density at radius 1 is 1.14 bits per heavy atom. The van der Waals surface area contributed by atoms with Gasteiger partial charge in [-0.1, -0.05) is 6.07 Å². The molecule has 0 unspecified atom stereocenters. The number of thiocarbonyl (C=S) groups is 1. The van der Waals surface area contributed by atoms with Crippen LogP contribution in [0.4, 0.5) is 0 Å². The predicted octanol–water partition coefficient (Wildman–Crippen LogP) is 3.42. The van der Waals surface area contributed by atoms with Gasteiger partial charge >= 0.3 is 0 Å². The molecular weight excluding hydrogens is 382 g/mol. The zero-order valence-corrected chi connectivity index (χ0v) is 16.8. The number of hydrogen-bond donors (Lipinski definition) is 1. The molecule has 5 rings (SSSR count). The van der Waals surface area contributed by atoms with Gasteiger partial charge in [0.05, 0.1) is 35.8 Å². The fourth-order valence-corrected chi connectivity index (χ4v) is 4.61. The molecule has 0 radical (unpaired) electrons. The van der Waals surface area contributed by atoms with Crippen molar-refractivity contribution in [3.8, 4) is 5.69 Å². The molecule has 7 heteroatoms. The lowest BCUT2D eigenvalue weighted by Gasteiger charge is -2.30. The molecule has 0 aromatic carbocycles. The molecule has 0 aliphatic carbocycles. The number of aromatic nitrogens is 3. The second-order valence-electron chi connectivity index (χ2n) is 7.43. The predicted molar refractivity (Wildman–Crippen MR) is 115 cm³/mol. The molecular formula is C22H23N5OS. The molecule has 0 amide bonds. The standard InChI is InChI=1S/C22H23N5OS/c29-22-25-20(18-8-1-2-11-24-18)21(27(22)15-17-7-5-13-28-17)19-9-4-12-26(19)16-6-3-10-23-14-16/h1-4,6,8-12,14,17,20-21H,5,7,13,15H2,(H,25,29)/t17-,20-,21-/m0/s1. The molecule has 29 heavy (non-hydrogen) atoms. The second kappa shape index (κ2) is 7.93. The van der Waals surface area contributed by atoms with Gasteiger partial charge in [0.15, 0.2) is 5.11 Å². The van der Waals surface area contributed by atoms with Gasteiger partial charge in [-0.2, -0.15) is 0 Å². The molecule has 3 aromatic heterocycles. The van der Waals surface area contributed by atoms with Crippen molar-refractivity contribution in [3.63, 3.8) is 0 Å².